The SMILES string of the molecule is CCn1nc(C(=O)NCC2CCC(S(C)(=O)=O)CN2)c(Cl)c1-c1ccc(CC(C)(C)C(F)(F)F)cc1OC(F)F. The van der Waals surface area contributed by atoms with Crippen molar-refractivity contribution in [3.63, 3.8) is 0 Å². The number of carbonyl (C=O) groups is 1. The standard InChI is InChI=1S/C25H32ClF5N4O4S/c1-5-35-21(17-9-6-14(10-18(17)39-23(27)28)11-24(2,3)25(29,30)31)19(26)20(34-35)22(36)33-12-15-7-8-16(13-32-15)40(4,37)38/h6,9-10,15-16,23,32H,5,7-8,11-13H2,1-4H3,(H,33,36). The van der Waals surface area contributed by atoms with Crippen LogP contribution in [0.2, 0.25) is 5.02 Å². The largest absolute Gasteiger partial charge is 0.434 e. The molecule has 0 saturated carbocycles. The van der Waals surface area contributed by atoms with E-state index < -0.39 is 51.4 Å². The van der Waals surface area contributed by atoms with Gasteiger partial charge in [-0.05, 0) is 43.9 Å². The molecular weight excluding hydrogens is 583 g/mol. The third-order valence-corrected chi connectivity index (χ3v) is 8.90. The molecule has 0 spiro atoms. The third kappa shape index (κ3) is 7.43. The van der Waals surface area contributed by atoms with Gasteiger partial charge in [0.2, 0.25) is 0 Å². The number of nitrogens with zero attached hydrogens (tertiary/aromatic N) is 2. The van der Waals surface area contributed by atoms with E-state index >= 15 is 0 Å². The van der Waals surface area contributed by atoms with Crippen LogP contribution in [0.5, 0.6) is 5.75 Å². The van der Waals surface area contributed by atoms with Gasteiger partial charge in [-0.2, -0.15) is 27.1 Å². The molecule has 8 nitrogen and oxygen atoms in total. The summed E-state index contributed by atoms with van der Waals surface area (Å²) in [6.45, 7) is 1.06. The number of piperidine rings is 1. The molecular formula is C25H32ClF5N4O4S. The van der Waals surface area contributed by atoms with Gasteiger partial charge in [-0.15, -0.1) is 0 Å². The number of hydrogen-bond acceptors (Lipinski definition) is 6. The summed E-state index contributed by atoms with van der Waals surface area (Å²) >= 11 is 6.52. The van der Waals surface area contributed by atoms with E-state index in [0.29, 0.717) is 12.8 Å². The first-order chi connectivity index (χ1) is 18.4. The van der Waals surface area contributed by atoms with Gasteiger partial charge in [0.05, 0.1) is 21.4 Å². The molecule has 1 amide bonds. The van der Waals surface area contributed by atoms with Gasteiger partial charge in [0.25, 0.3) is 5.91 Å². The van der Waals surface area contributed by atoms with Gasteiger partial charge in [-0.3, -0.25) is 9.48 Å². The zero-order chi connectivity index (χ0) is 30.0. The number of aryl methyl sites for hydroxylation is 1. The second kappa shape index (κ2) is 12.2. The number of amides is 1. The molecule has 2 atom stereocenters. The minimum atomic E-state index is -4.52. The molecule has 1 aromatic carbocycles. The number of alkyl halides is 5. The molecule has 2 aromatic rings. The fourth-order valence-corrected chi connectivity index (χ4v) is 5.76. The molecule has 0 radical (unpaired) electrons. The van der Waals surface area contributed by atoms with Crippen LogP contribution >= 0.6 is 11.6 Å². The zero-order valence-corrected chi connectivity index (χ0v) is 24.0. The lowest BCUT2D eigenvalue weighted by atomic mass is 9.84. The molecule has 2 N–H and O–H groups in total. The van der Waals surface area contributed by atoms with Gasteiger partial charge in [0, 0.05) is 37.5 Å². The number of sulfone groups is 1. The van der Waals surface area contributed by atoms with E-state index in [0.717, 1.165) is 19.9 Å². The molecule has 224 valence electrons. The van der Waals surface area contributed by atoms with E-state index in [9.17, 15) is 35.2 Å². The van der Waals surface area contributed by atoms with E-state index in [2.05, 4.69) is 20.5 Å². The lowest BCUT2D eigenvalue weighted by molar-refractivity contribution is -0.211. The Bertz CT molecular complexity index is 1320. The van der Waals surface area contributed by atoms with Crippen LogP contribution in [0.25, 0.3) is 11.3 Å². The Labute approximate surface area is 234 Å². The fourth-order valence-electron chi connectivity index (χ4n) is 4.48. The van der Waals surface area contributed by atoms with Crippen molar-refractivity contribution >= 4 is 27.3 Å². The van der Waals surface area contributed by atoms with Crippen LogP contribution in [-0.4, -0.2) is 67.5 Å². The Morgan fingerprint density at radius 1 is 1.27 bits per heavy atom. The van der Waals surface area contributed by atoms with Crippen LogP contribution in [0, 0.1) is 5.41 Å². The average molecular weight is 615 g/mol. The maximum Gasteiger partial charge on any atom is 0.394 e. The molecule has 2 unspecified atom stereocenters. The molecule has 40 heavy (non-hydrogen) atoms. The summed E-state index contributed by atoms with van der Waals surface area (Å²) in [6.07, 6.45) is -2.86. The number of benzene rings is 1. The topological polar surface area (TPSA) is 102 Å². The molecule has 1 aromatic heterocycles. The summed E-state index contributed by atoms with van der Waals surface area (Å²) in [5, 5.41) is 9.39. The van der Waals surface area contributed by atoms with E-state index in [1.165, 1.54) is 23.1 Å². The van der Waals surface area contributed by atoms with Gasteiger partial charge >= 0.3 is 12.8 Å². The highest BCUT2D eigenvalue weighted by Crippen LogP contribution is 2.43. The van der Waals surface area contributed by atoms with Gasteiger partial charge in [0.15, 0.2) is 15.5 Å². The predicted molar refractivity (Wildman–Crippen MR) is 141 cm³/mol. The van der Waals surface area contributed by atoms with E-state index in [1.54, 1.807) is 6.92 Å². The summed E-state index contributed by atoms with van der Waals surface area (Å²) in [4.78, 5) is 13.0. The van der Waals surface area contributed by atoms with Crippen molar-refractivity contribution in [3.8, 4) is 17.0 Å². The minimum absolute atomic E-state index is 0.0352. The highest BCUT2D eigenvalue weighted by molar-refractivity contribution is 7.91. The molecule has 1 aliphatic heterocycles. The highest BCUT2D eigenvalue weighted by Gasteiger charge is 2.47. The summed E-state index contributed by atoms with van der Waals surface area (Å²) in [5.41, 5.74) is -2.04. The van der Waals surface area contributed by atoms with E-state index in [4.69, 9.17) is 11.6 Å². The monoisotopic (exact) mass is 614 g/mol. The van der Waals surface area contributed by atoms with Crippen LogP contribution in [0.4, 0.5) is 22.0 Å². The number of rotatable bonds is 10. The molecule has 1 fully saturated rings. The summed E-state index contributed by atoms with van der Waals surface area (Å²) < 4.78 is 96.2. The molecule has 1 aliphatic rings. The van der Waals surface area contributed by atoms with E-state index in [1.807, 2.05) is 0 Å². The minimum Gasteiger partial charge on any atom is -0.434 e. The third-order valence-electron chi connectivity index (χ3n) is 6.93. The zero-order valence-electron chi connectivity index (χ0n) is 22.4. The fraction of sp³-hybridized carbons (Fsp3) is 0.600. The van der Waals surface area contributed by atoms with Crippen LogP contribution in [0.3, 0.4) is 0 Å². The second-order valence-corrected chi connectivity index (χ2v) is 13.1. The second-order valence-electron chi connectivity index (χ2n) is 10.4. The van der Waals surface area contributed by atoms with Crippen molar-refractivity contribution in [2.24, 2.45) is 5.41 Å². The van der Waals surface area contributed by atoms with Gasteiger partial charge < -0.3 is 15.4 Å². The van der Waals surface area contributed by atoms with Gasteiger partial charge in [-0.25, -0.2) is 8.42 Å². The van der Waals surface area contributed by atoms with Crippen molar-refractivity contribution in [1.29, 1.82) is 0 Å². The van der Waals surface area contributed by atoms with Crippen LogP contribution in [0.15, 0.2) is 18.2 Å². The first kappa shape index (κ1) is 32.1. The Kier molecular flexibility index (Phi) is 9.78. The average Bonchev–Trinajstić information content (AvgIpc) is 3.17. The Hall–Kier alpha value is -2.45. The first-order valence-electron chi connectivity index (χ1n) is 12.6. The summed E-state index contributed by atoms with van der Waals surface area (Å²) in [6, 6.07) is 3.62. The van der Waals surface area contributed by atoms with E-state index in [-0.39, 0.29) is 53.2 Å². The number of hydrogen-bond donors (Lipinski definition) is 2. The molecule has 2 heterocycles. The molecule has 15 heteroatoms. The first-order valence-corrected chi connectivity index (χ1v) is 14.9. The maximum absolute atomic E-state index is 13.4. The Morgan fingerprint density at radius 2 is 1.95 bits per heavy atom. The van der Waals surface area contributed by atoms with Crippen molar-refractivity contribution < 1.29 is 39.9 Å². The molecule has 0 bridgehead atoms. The lowest BCUT2D eigenvalue weighted by Gasteiger charge is -2.28. The Morgan fingerprint density at radius 3 is 2.48 bits per heavy atom. The number of aromatic nitrogens is 2. The highest BCUT2D eigenvalue weighted by atomic mass is 35.5. The summed E-state index contributed by atoms with van der Waals surface area (Å²) in [5.74, 6) is -1.04. The van der Waals surface area contributed by atoms with Gasteiger partial charge in [0.1, 0.15) is 5.75 Å². The van der Waals surface area contributed by atoms with Gasteiger partial charge in [-0.1, -0.05) is 31.5 Å². The normalized spacial score (nSPS) is 18.7. The molecule has 0 aliphatic carbocycles. The molecule has 1 saturated heterocycles. The van der Waals surface area contributed by atoms with Crippen LogP contribution in [-0.2, 0) is 22.8 Å². The smallest absolute Gasteiger partial charge is 0.394 e. The quantitative estimate of drug-likeness (QED) is 0.371. The number of carbonyl (C=O) groups excluding carboxylic acids is 1. The lowest BCUT2D eigenvalue weighted by Crippen LogP contribution is -2.49. The van der Waals surface area contributed by atoms with Crippen molar-refractivity contribution in [2.45, 2.75) is 70.7 Å². The number of ether oxygens (including phenoxy) is 1. The number of halogens is 6. The predicted octanol–water partition coefficient (Wildman–Crippen LogP) is 4.85. The van der Waals surface area contributed by atoms with Crippen LogP contribution < -0.4 is 15.4 Å². The van der Waals surface area contributed by atoms with Crippen molar-refractivity contribution in [1.82, 2.24) is 20.4 Å². The molecule has 3 rings (SSSR count). The van der Waals surface area contributed by atoms with Crippen molar-refractivity contribution in [3.05, 3.63) is 34.5 Å². The summed E-state index contributed by atoms with van der Waals surface area (Å²) in [7, 11) is -3.18. The number of nitrogens with one attached hydrogen (secondary N) is 2. The van der Waals surface area contributed by atoms with Crippen molar-refractivity contribution in [2.75, 3.05) is 19.3 Å². The Balaban J connectivity index is 1.86. The maximum atomic E-state index is 13.4. The van der Waals surface area contributed by atoms with Crippen LogP contribution in [0.1, 0.15) is 49.7 Å².